The fourth-order valence-corrected chi connectivity index (χ4v) is 3.27. The molecule has 1 heterocycles. The lowest BCUT2D eigenvalue weighted by Crippen LogP contribution is -2.26. The van der Waals surface area contributed by atoms with Crippen LogP contribution in [0.3, 0.4) is 0 Å². The molecule has 0 aliphatic carbocycles. The van der Waals surface area contributed by atoms with Crippen molar-refractivity contribution < 1.29 is 22.7 Å². The molecule has 0 bridgehead atoms. The number of esters is 1. The third-order valence-electron chi connectivity index (χ3n) is 4.58. The number of carbonyl (C=O) groups is 1. The SMILES string of the molecule is O=C(Cc1ccc(C2CCNC2)cc1)OC(c1ccc(Cl)cc1)C(F)(F)F. The molecule has 2 aromatic carbocycles. The average molecular weight is 398 g/mol. The summed E-state index contributed by atoms with van der Waals surface area (Å²) in [5, 5.41) is 3.59. The van der Waals surface area contributed by atoms with Crippen LogP contribution in [0.5, 0.6) is 0 Å². The summed E-state index contributed by atoms with van der Waals surface area (Å²) in [6.45, 7) is 1.89. The number of hydrogen-bond donors (Lipinski definition) is 1. The molecule has 1 N–H and O–H groups in total. The van der Waals surface area contributed by atoms with Gasteiger partial charge in [-0.3, -0.25) is 4.79 Å². The Labute approximate surface area is 160 Å². The molecule has 1 aliphatic heterocycles. The van der Waals surface area contributed by atoms with Gasteiger partial charge < -0.3 is 10.1 Å². The molecule has 0 spiro atoms. The van der Waals surface area contributed by atoms with Gasteiger partial charge in [0, 0.05) is 17.1 Å². The van der Waals surface area contributed by atoms with Crippen LogP contribution >= 0.6 is 11.6 Å². The van der Waals surface area contributed by atoms with Crippen molar-refractivity contribution in [1.82, 2.24) is 5.32 Å². The second kappa shape index (κ2) is 8.31. The molecule has 0 amide bonds. The van der Waals surface area contributed by atoms with E-state index in [-0.39, 0.29) is 12.0 Å². The Morgan fingerprint density at radius 3 is 2.37 bits per heavy atom. The second-order valence-corrected chi connectivity index (χ2v) is 7.01. The van der Waals surface area contributed by atoms with Gasteiger partial charge in [-0.2, -0.15) is 13.2 Å². The van der Waals surface area contributed by atoms with Crippen molar-refractivity contribution >= 4 is 17.6 Å². The predicted molar refractivity (Wildman–Crippen MR) is 96.7 cm³/mol. The minimum Gasteiger partial charge on any atom is -0.447 e. The number of ether oxygens (including phenoxy) is 1. The molecule has 2 atom stereocenters. The maximum atomic E-state index is 13.3. The van der Waals surface area contributed by atoms with Gasteiger partial charge in [-0.1, -0.05) is 48.0 Å². The monoisotopic (exact) mass is 397 g/mol. The van der Waals surface area contributed by atoms with E-state index >= 15 is 0 Å². The van der Waals surface area contributed by atoms with Crippen molar-refractivity contribution in [3.63, 3.8) is 0 Å². The normalized spacial score (nSPS) is 18.3. The smallest absolute Gasteiger partial charge is 0.429 e. The zero-order valence-corrected chi connectivity index (χ0v) is 15.2. The highest BCUT2D eigenvalue weighted by Gasteiger charge is 2.44. The molecule has 1 saturated heterocycles. The Kier molecular flexibility index (Phi) is 6.07. The van der Waals surface area contributed by atoms with E-state index in [9.17, 15) is 18.0 Å². The van der Waals surface area contributed by atoms with Gasteiger partial charge in [0.2, 0.25) is 6.10 Å². The first kappa shape index (κ1) is 19.7. The van der Waals surface area contributed by atoms with Crippen molar-refractivity contribution in [2.75, 3.05) is 13.1 Å². The summed E-state index contributed by atoms with van der Waals surface area (Å²) in [6.07, 6.45) is -6.19. The molecule has 3 nitrogen and oxygen atoms in total. The Morgan fingerprint density at radius 2 is 1.81 bits per heavy atom. The first-order chi connectivity index (χ1) is 12.8. The minimum atomic E-state index is -4.71. The average Bonchev–Trinajstić information content (AvgIpc) is 3.15. The van der Waals surface area contributed by atoms with E-state index in [1.165, 1.54) is 24.3 Å². The quantitative estimate of drug-likeness (QED) is 0.736. The third kappa shape index (κ3) is 5.23. The van der Waals surface area contributed by atoms with Gasteiger partial charge in [0.15, 0.2) is 0 Å². The first-order valence-corrected chi connectivity index (χ1v) is 9.02. The van der Waals surface area contributed by atoms with Crippen LogP contribution < -0.4 is 5.32 Å². The molecule has 2 aromatic rings. The largest absolute Gasteiger partial charge is 0.447 e. The van der Waals surface area contributed by atoms with E-state index in [4.69, 9.17) is 16.3 Å². The molecular formula is C20H19ClF3NO2. The summed E-state index contributed by atoms with van der Waals surface area (Å²) in [7, 11) is 0. The van der Waals surface area contributed by atoms with Crippen LogP contribution in [-0.4, -0.2) is 25.2 Å². The van der Waals surface area contributed by atoms with Crippen LogP contribution in [0.1, 0.15) is 35.1 Å². The van der Waals surface area contributed by atoms with Gasteiger partial charge in [0.25, 0.3) is 0 Å². The summed E-state index contributed by atoms with van der Waals surface area (Å²) in [6, 6.07) is 12.4. The van der Waals surface area contributed by atoms with Crippen LogP contribution in [0.25, 0.3) is 0 Å². The molecule has 3 rings (SSSR count). The predicted octanol–water partition coefficient (Wildman–Crippen LogP) is 4.81. The van der Waals surface area contributed by atoms with Crippen LogP contribution in [0, 0.1) is 0 Å². The lowest BCUT2D eigenvalue weighted by atomic mass is 9.97. The summed E-state index contributed by atoms with van der Waals surface area (Å²) < 4.78 is 44.7. The fraction of sp³-hybridized carbons (Fsp3) is 0.350. The van der Waals surface area contributed by atoms with E-state index in [1.54, 1.807) is 12.1 Å². The van der Waals surface area contributed by atoms with Crippen molar-refractivity contribution in [1.29, 1.82) is 0 Å². The van der Waals surface area contributed by atoms with Gasteiger partial charge in [-0.05, 0) is 42.1 Å². The van der Waals surface area contributed by atoms with Gasteiger partial charge >= 0.3 is 12.1 Å². The number of hydrogen-bond acceptors (Lipinski definition) is 3. The van der Waals surface area contributed by atoms with Crippen LogP contribution in [-0.2, 0) is 16.0 Å². The molecular weight excluding hydrogens is 379 g/mol. The zero-order chi connectivity index (χ0) is 19.4. The Balaban J connectivity index is 1.66. The summed E-state index contributed by atoms with van der Waals surface area (Å²) in [5.41, 5.74) is 1.61. The molecule has 0 radical (unpaired) electrons. The molecule has 0 aromatic heterocycles. The van der Waals surface area contributed by atoms with E-state index in [1.807, 2.05) is 12.1 Å². The van der Waals surface area contributed by atoms with Crippen molar-refractivity contribution in [3.8, 4) is 0 Å². The van der Waals surface area contributed by atoms with Crippen LogP contribution in [0.15, 0.2) is 48.5 Å². The van der Waals surface area contributed by atoms with E-state index < -0.39 is 18.2 Å². The van der Waals surface area contributed by atoms with Crippen LogP contribution in [0.4, 0.5) is 13.2 Å². The number of halogens is 4. The maximum absolute atomic E-state index is 13.3. The molecule has 7 heteroatoms. The lowest BCUT2D eigenvalue weighted by Gasteiger charge is -2.21. The Bertz CT molecular complexity index is 769. The lowest BCUT2D eigenvalue weighted by molar-refractivity contribution is -0.223. The standard InChI is InChI=1S/C20H19ClF3NO2/c21-17-7-5-15(6-8-17)19(20(22,23)24)27-18(26)11-13-1-3-14(4-2-13)16-9-10-25-12-16/h1-8,16,19,25H,9-12H2. The van der Waals surface area contributed by atoms with Crippen molar-refractivity contribution in [2.45, 2.75) is 31.0 Å². The topological polar surface area (TPSA) is 38.3 Å². The van der Waals surface area contributed by atoms with Crippen molar-refractivity contribution in [3.05, 3.63) is 70.2 Å². The van der Waals surface area contributed by atoms with E-state index in [2.05, 4.69) is 5.32 Å². The Morgan fingerprint density at radius 1 is 1.15 bits per heavy atom. The molecule has 1 aliphatic rings. The van der Waals surface area contributed by atoms with Gasteiger partial charge in [-0.25, -0.2) is 0 Å². The fourth-order valence-electron chi connectivity index (χ4n) is 3.15. The zero-order valence-electron chi connectivity index (χ0n) is 14.4. The van der Waals surface area contributed by atoms with Gasteiger partial charge in [-0.15, -0.1) is 0 Å². The highest BCUT2D eigenvalue weighted by molar-refractivity contribution is 6.30. The van der Waals surface area contributed by atoms with Gasteiger partial charge in [0.05, 0.1) is 6.42 Å². The molecule has 144 valence electrons. The highest BCUT2D eigenvalue weighted by atomic mass is 35.5. The molecule has 27 heavy (non-hydrogen) atoms. The first-order valence-electron chi connectivity index (χ1n) is 8.64. The number of nitrogens with one attached hydrogen (secondary N) is 1. The molecule has 2 unspecified atom stereocenters. The number of alkyl halides is 3. The van der Waals surface area contributed by atoms with Crippen molar-refractivity contribution in [2.24, 2.45) is 0 Å². The second-order valence-electron chi connectivity index (χ2n) is 6.57. The maximum Gasteiger partial charge on any atom is 0.429 e. The number of carbonyl (C=O) groups excluding carboxylic acids is 1. The minimum absolute atomic E-state index is 0.163. The highest BCUT2D eigenvalue weighted by Crippen LogP contribution is 2.36. The van der Waals surface area contributed by atoms with E-state index in [0.717, 1.165) is 25.1 Å². The molecule has 0 saturated carbocycles. The number of rotatable bonds is 5. The number of benzene rings is 2. The summed E-state index contributed by atoms with van der Waals surface area (Å²) >= 11 is 5.71. The van der Waals surface area contributed by atoms with Gasteiger partial charge in [0.1, 0.15) is 0 Å². The van der Waals surface area contributed by atoms with E-state index in [0.29, 0.717) is 16.5 Å². The Hall–Kier alpha value is -2.05. The summed E-state index contributed by atoms with van der Waals surface area (Å²) in [5.74, 6) is -0.493. The van der Waals surface area contributed by atoms with Crippen LogP contribution in [0.2, 0.25) is 5.02 Å². The molecule has 1 fully saturated rings. The summed E-state index contributed by atoms with van der Waals surface area (Å²) in [4.78, 5) is 12.1. The third-order valence-corrected chi connectivity index (χ3v) is 4.83.